The van der Waals surface area contributed by atoms with E-state index in [2.05, 4.69) is 17.0 Å². The third-order valence-corrected chi connectivity index (χ3v) is 8.64. The van der Waals surface area contributed by atoms with Gasteiger partial charge in [0.25, 0.3) is 5.91 Å². The Labute approximate surface area is 266 Å². The molecule has 1 saturated heterocycles. The zero-order valence-corrected chi connectivity index (χ0v) is 26.7. The number of alkyl halides is 1. The van der Waals surface area contributed by atoms with Gasteiger partial charge in [0.2, 0.25) is 0 Å². The van der Waals surface area contributed by atoms with Gasteiger partial charge in [-0.3, -0.25) is 18.9 Å². The zero-order valence-electron chi connectivity index (χ0n) is 25.8. The second-order valence-electron chi connectivity index (χ2n) is 11.1. The van der Waals surface area contributed by atoms with Crippen molar-refractivity contribution in [1.82, 2.24) is 15.3 Å². The highest BCUT2D eigenvalue weighted by Crippen LogP contribution is 2.47. The molecule has 0 aliphatic carbocycles. The number of hydrogen-bond donors (Lipinski definition) is 3. The van der Waals surface area contributed by atoms with Crippen LogP contribution in [0.3, 0.4) is 0 Å². The number of carbonyl (C=O) groups is 3. The molecule has 1 fully saturated rings. The van der Waals surface area contributed by atoms with E-state index in [1.807, 2.05) is 30.3 Å². The van der Waals surface area contributed by atoms with Crippen molar-refractivity contribution in [2.24, 2.45) is 0 Å². The number of benzene rings is 2. The van der Waals surface area contributed by atoms with E-state index >= 15 is 4.39 Å². The molecule has 1 unspecified atom stereocenters. The van der Waals surface area contributed by atoms with Gasteiger partial charge >= 0.3 is 13.7 Å². The van der Waals surface area contributed by atoms with Crippen molar-refractivity contribution in [3.05, 3.63) is 96.5 Å². The number of nitrogens with zero attached hydrogens (tertiary/aromatic N) is 1. The molecule has 3 N–H and O–H groups in total. The summed E-state index contributed by atoms with van der Waals surface area (Å²) in [5.74, 6) is -1.42. The number of ether oxygens (including phenoxy) is 2. The smallest absolute Gasteiger partial charge is 0.459 e. The van der Waals surface area contributed by atoms with Gasteiger partial charge in [0, 0.05) is 17.8 Å². The summed E-state index contributed by atoms with van der Waals surface area (Å²) in [4.78, 5) is 38.0. The molecule has 0 saturated carbocycles. The molecule has 46 heavy (non-hydrogen) atoms. The highest BCUT2D eigenvalue weighted by molar-refractivity contribution is 7.52. The molecular weight excluding hydrogens is 620 g/mol. The minimum Gasteiger partial charge on any atom is -0.462 e. The summed E-state index contributed by atoms with van der Waals surface area (Å²) in [6.07, 6.45) is 0.517. The molecule has 2 heterocycles. The standard InChI is InChI=1S/C32H37FN3O9P/c1-20(2)43-30(40)21(3)35-46(41,45-25-14-12-24(13-15-25)26(37)16-11-23-9-7-6-8-10-23)42-19-27-29(39)32(5,33)31(44-27)36-18-17-28(38)34-22(36)4/h6-18,20-21,27,29,31,39H,4,19H2,1-3,5H3,(H,34,38)(H,35,41)/b16-11+/t21-,27+,29+,31+,32+,46?/m0/s1. The second-order valence-corrected chi connectivity index (χ2v) is 12.8. The first-order chi connectivity index (χ1) is 21.7. The topological polar surface area (TPSA) is 153 Å². The first kappa shape index (κ1) is 34.7. The van der Waals surface area contributed by atoms with Crippen molar-refractivity contribution in [2.75, 3.05) is 6.61 Å². The molecule has 0 spiro atoms. The number of hydrogen-bond acceptors (Lipinski definition) is 10. The zero-order chi connectivity index (χ0) is 33.6. The van der Waals surface area contributed by atoms with Crippen LogP contribution in [-0.2, 0) is 28.2 Å². The number of aliphatic hydroxyl groups excluding tert-OH is 1. The number of amides is 1. The van der Waals surface area contributed by atoms with Crippen LogP contribution in [0.15, 0.2) is 85.3 Å². The maximum atomic E-state index is 15.8. The van der Waals surface area contributed by atoms with Crippen molar-refractivity contribution < 1.29 is 47.0 Å². The van der Waals surface area contributed by atoms with Gasteiger partial charge < -0.3 is 29.3 Å². The lowest BCUT2D eigenvalue weighted by Gasteiger charge is -2.35. The molecule has 1 amide bonds. The van der Waals surface area contributed by atoms with Crippen LogP contribution in [0.2, 0.25) is 0 Å². The highest BCUT2D eigenvalue weighted by Gasteiger charge is 2.57. The van der Waals surface area contributed by atoms with Gasteiger partial charge in [-0.1, -0.05) is 43.0 Å². The predicted octanol–water partition coefficient (Wildman–Crippen LogP) is 4.25. The van der Waals surface area contributed by atoms with Gasteiger partial charge in [-0.2, -0.15) is 5.09 Å². The van der Waals surface area contributed by atoms with Crippen molar-refractivity contribution >= 4 is 31.5 Å². The van der Waals surface area contributed by atoms with Crippen molar-refractivity contribution in [3.63, 3.8) is 0 Å². The predicted molar refractivity (Wildman–Crippen MR) is 167 cm³/mol. The number of halogens is 1. The largest absolute Gasteiger partial charge is 0.462 e. The van der Waals surface area contributed by atoms with E-state index < -0.39 is 62.5 Å². The molecule has 246 valence electrons. The minimum atomic E-state index is -4.44. The number of ketones is 1. The molecule has 6 atom stereocenters. The van der Waals surface area contributed by atoms with Crippen molar-refractivity contribution in [1.29, 1.82) is 0 Å². The fraction of sp³-hybridized carbons (Fsp3) is 0.344. The third kappa shape index (κ3) is 8.56. The maximum absolute atomic E-state index is 15.8. The first-order valence-electron chi connectivity index (χ1n) is 14.5. The van der Waals surface area contributed by atoms with Crippen LogP contribution in [0.1, 0.15) is 43.6 Å². The fourth-order valence-corrected chi connectivity index (χ4v) is 6.10. The monoisotopic (exact) mass is 657 g/mol. The lowest BCUT2D eigenvalue weighted by Crippen LogP contribution is -2.51. The summed E-state index contributed by atoms with van der Waals surface area (Å²) >= 11 is 0. The Morgan fingerprint density at radius 2 is 1.87 bits per heavy atom. The quantitative estimate of drug-likeness (QED) is 0.123. The minimum absolute atomic E-state index is 0.0236. The molecule has 0 radical (unpaired) electrons. The lowest BCUT2D eigenvalue weighted by atomic mass is 9.98. The molecule has 2 aromatic rings. The molecule has 12 nitrogen and oxygen atoms in total. The van der Waals surface area contributed by atoms with Crippen LogP contribution >= 0.6 is 7.75 Å². The van der Waals surface area contributed by atoms with E-state index in [-0.39, 0.29) is 17.4 Å². The average Bonchev–Trinajstić information content (AvgIpc) is 3.23. The third-order valence-electron chi connectivity index (χ3n) is 6.99. The number of allylic oxidation sites excluding steroid dienone is 1. The summed E-state index contributed by atoms with van der Waals surface area (Å²) in [5, 5.41) is 15.7. The molecule has 14 heteroatoms. The van der Waals surface area contributed by atoms with Crippen LogP contribution in [0.25, 0.3) is 6.08 Å². The van der Waals surface area contributed by atoms with Crippen LogP contribution in [0.4, 0.5) is 4.39 Å². The summed E-state index contributed by atoms with van der Waals surface area (Å²) in [7, 11) is -4.44. The van der Waals surface area contributed by atoms with E-state index in [1.54, 1.807) is 19.9 Å². The molecule has 2 aromatic carbocycles. The Morgan fingerprint density at radius 3 is 2.50 bits per heavy atom. The van der Waals surface area contributed by atoms with Crippen LogP contribution < -0.4 is 14.9 Å². The van der Waals surface area contributed by atoms with Crippen molar-refractivity contribution in [3.8, 4) is 5.75 Å². The molecular formula is C32H37FN3O9P. The maximum Gasteiger partial charge on any atom is 0.459 e. The van der Waals surface area contributed by atoms with E-state index in [0.29, 0.717) is 5.56 Å². The Kier molecular flexibility index (Phi) is 11.0. The van der Waals surface area contributed by atoms with Crippen LogP contribution in [0.5, 0.6) is 5.75 Å². The summed E-state index contributed by atoms with van der Waals surface area (Å²) in [6.45, 7) is 8.85. The summed E-state index contributed by atoms with van der Waals surface area (Å²) in [5.41, 5.74) is -1.20. The van der Waals surface area contributed by atoms with Gasteiger partial charge in [-0.25, -0.2) is 8.96 Å². The number of nitrogens with one attached hydrogen (secondary N) is 2. The summed E-state index contributed by atoms with van der Waals surface area (Å²) in [6, 6.07) is 13.8. The fourth-order valence-electron chi connectivity index (χ4n) is 4.59. The van der Waals surface area contributed by atoms with E-state index in [9.17, 15) is 24.1 Å². The number of rotatable bonds is 13. The number of carbonyl (C=O) groups excluding carboxylic acids is 3. The van der Waals surface area contributed by atoms with E-state index in [0.717, 1.165) is 18.6 Å². The van der Waals surface area contributed by atoms with Crippen LogP contribution in [0, 0.1) is 0 Å². The van der Waals surface area contributed by atoms with Gasteiger partial charge in [0.05, 0.1) is 12.7 Å². The Morgan fingerprint density at radius 1 is 1.20 bits per heavy atom. The van der Waals surface area contributed by atoms with E-state index in [1.165, 1.54) is 48.4 Å². The molecule has 2 aliphatic heterocycles. The average molecular weight is 658 g/mol. The molecule has 0 aromatic heterocycles. The van der Waals surface area contributed by atoms with Gasteiger partial charge in [0.1, 0.15) is 29.8 Å². The Bertz CT molecular complexity index is 1550. The SMILES string of the molecule is C=C1NC(=O)C=CN1[C@@H]1O[C@H](COP(=O)(N[C@@H](C)C(=O)OC(C)C)Oc2ccc(C(=O)/C=C/c3ccccc3)cc2)[C@@H](O)[C@@]1(C)F. The number of aliphatic hydroxyl groups is 1. The normalized spacial score (nSPS) is 24.9. The molecule has 4 rings (SSSR count). The summed E-state index contributed by atoms with van der Waals surface area (Å²) < 4.78 is 52.0. The number of esters is 1. The highest BCUT2D eigenvalue weighted by atomic mass is 31.2. The van der Waals surface area contributed by atoms with Gasteiger partial charge in [-0.05, 0) is 63.6 Å². The Hall–Kier alpha value is -4.13. The van der Waals surface area contributed by atoms with Gasteiger partial charge in [-0.15, -0.1) is 0 Å². The first-order valence-corrected chi connectivity index (χ1v) is 16.0. The second kappa shape index (κ2) is 14.5. The van der Waals surface area contributed by atoms with Gasteiger partial charge in [0.15, 0.2) is 17.7 Å². The molecule has 0 bridgehead atoms. The van der Waals surface area contributed by atoms with Crippen LogP contribution in [-0.4, -0.2) is 70.5 Å². The van der Waals surface area contributed by atoms with Crippen molar-refractivity contribution in [2.45, 2.75) is 63.9 Å². The molecule has 2 aliphatic rings. The lowest BCUT2D eigenvalue weighted by molar-refractivity contribution is -0.149. The van der Waals surface area contributed by atoms with E-state index in [4.69, 9.17) is 18.5 Å². The Balaban J connectivity index is 1.50.